The summed E-state index contributed by atoms with van der Waals surface area (Å²) < 4.78 is 62.0. The van der Waals surface area contributed by atoms with Crippen molar-refractivity contribution < 1.29 is 27.1 Å². The largest absolute Gasteiger partial charge is 0.372 e. The number of aromatic nitrogens is 2. The monoisotopic (exact) mass is 499 g/mol. The molecular formula is C27H25F4N3O2. The molecule has 0 bridgehead atoms. The fraction of sp³-hybridized carbons (Fsp3) is 0.370. The molecule has 9 heteroatoms. The molecule has 3 aromatic rings. The Morgan fingerprint density at radius 2 is 1.81 bits per heavy atom. The zero-order valence-corrected chi connectivity index (χ0v) is 19.4. The summed E-state index contributed by atoms with van der Waals surface area (Å²) >= 11 is 0. The van der Waals surface area contributed by atoms with Gasteiger partial charge in [-0.2, -0.15) is 0 Å². The van der Waals surface area contributed by atoms with Crippen molar-refractivity contribution in [2.75, 3.05) is 11.9 Å². The summed E-state index contributed by atoms with van der Waals surface area (Å²) in [5.74, 6) is -4.95. The van der Waals surface area contributed by atoms with Gasteiger partial charge in [-0.3, -0.25) is 14.8 Å². The summed E-state index contributed by atoms with van der Waals surface area (Å²) in [5, 5.41) is 2.80. The zero-order valence-electron chi connectivity index (χ0n) is 19.4. The second-order valence-corrected chi connectivity index (χ2v) is 9.30. The number of rotatable bonds is 5. The number of benzene rings is 1. The van der Waals surface area contributed by atoms with Crippen LogP contribution in [0.3, 0.4) is 0 Å². The van der Waals surface area contributed by atoms with Gasteiger partial charge < -0.3 is 10.1 Å². The Bertz CT molecular complexity index is 1250. The zero-order chi connectivity index (χ0) is 25.3. The van der Waals surface area contributed by atoms with Gasteiger partial charge in [-0.05, 0) is 62.1 Å². The van der Waals surface area contributed by atoms with Crippen LogP contribution in [0, 0.1) is 11.6 Å². The van der Waals surface area contributed by atoms with Crippen molar-refractivity contribution in [3.63, 3.8) is 0 Å². The van der Waals surface area contributed by atoms with Crippen molar-refractivity contribution in [2.24, 2.45) is 0 Å². The van der Waals surface area contributed by atoms with Crippen molar-refractivity contribution in [3.05, 3.63) is 77.4 Å². The highest BCUT2D eigenvalue weighted by Gasteiger charge is 2.37. The van der Waals surface area contributed by atoms with Gasteiger partial charge in [-0.1, -0.05) is 0 Å². The third-order valence-corrected chi connectivity index (χ3v) is 6.85. The lowest BCUT2D eigenvalue weighted by Crippen LogP contribution is -2.25. The number of anilines is 1. The summed E-state index contributed by atoms with van der Waals surface area (Å²) in [5.41, 5.74) is 1.73. The first kappa shape index (κ1) is 24.4. The first-order chi connectivity index (χ1) is 17.3. The van der Waals surface area contributed by atoms with Crippen molar-refractivity contribution in [3.8, 4) is 11.1 Å². The normalized spacial score (nSPS) is 19.8. The molecule has 188 valence electrons. The van der Waals surface area contributed by atoms with Gasteiger partial charge in [-0.15, -0.1) is 0 Å². The van der Waals surface area contributed by atoms with E-state index in [4.69, 9.17) is 4.74 Å². The molecule has 2 aliphatic rings. The van der Waals surface area contributed by atoms with E-state index >= 15 is 0 Å². The first-order valence-corrected chi connectivity index (χ1v) is 12.0. The van der Waals surface area contributed by atoms with E-state index in [2.05, 4.69) is 15.3 Å². The Morgan fingerprint density at radius 3 is 2.50 bits per heavy atom. The second-order valence-electron chi connectivity index (χ2n) is 9.30. The highest BCUT2D eigenvalue weighted by molar-refractivity contribution is 6.06. The number of ether oxygens (including phenoxy) is 1. The molecule has 1 aliphatic carbocycles. The number of hydrogen-bond acceptors (Lipinski definition) is 4. The van der Waals surface area contributed by atoms with E-state index in [1.807, 2.05) is 0 Å². The highest BCUT2D eigenvalue weighted by atomic mass is 19.3. The van der Waals surface area contributed by atoms with E-state index in [0.29, 0.717) is 12.3 Å². The molecule has 5 rings (SSSR count). The summed E-state index contributed by atoms with van der Waals surface area (Å²) in [4.78, 5) is 22.0. The molecule has 36 heavy (non-hydrogen) atoms. The van der Waals surface area contributed by atoms with Crippen LogP contribution >= 0.6 is 0 Å². The predicted octanol–water partition coefficient (Wildman–Crippen LogP) is 6.82. The maximum atomic E-state index is 14.7. The molecule has 1 aromatic carbocycles. The maximum Gasteiger partial charge on any atom is 0.257 e. The Morgan fingerprint density at radius 1 is 1.00 bits per heavy atom. The van der Waals surface area contributed by atoms with Gasteiger partial charge in [0.1, 0.15) is 11.6 Å². The Labute approximate surface area is 205 Å². The van der Waals surface area contributed by atoms with Crippen LogP contribution in [0.1, 0.15) is 72.3 Å². The van der Waals surface area contributed by atoms with Gasteiger partial charge in [0, 0.05) is 48.9 Å². The van der Waals surface area contributed by atoms with Crippen molar-refractivity contribution in [2.45, 2.75) is 56.5 Å². The third kappa shape index (κ3) is 5.11. The summed E-state index contributed by atoms with van der Waals surface area (Å²) in [6.07, 6.45) is 4.29. The molecule has 2 fully saturated rings. The molecule has 0 radical (unpaired) electrons. The van der Waals surface area contributed by atoms with Crippen LogP contribution < -0.4 is 5.32 Å². The first-order valence-electron chi connectivity index (χ1n) is 12.0. The van der Waals surface area contributed by atoms with Crippen LogP contribution in [0.25, 0.3) is 11.1 Å². The smallest absolute Gasteiger partial charge is 0.257 e. The van der Waals surface area contributed by atoms with Gasteiger partial charge in [-0.25, -0.2) is 17.6 Å². The molecule has 3 heterocycles. The molecule has 1 N–H and O–H groups in total. The molecule has 1 saturated heterocycles. The number of amides is 1. The van der Waals surface area contributed by atoms with E-state index in [1.165, 1.54) is 18.5 Å². The third-order valence-electron chi connectivity index (χ3n) is 6.85. The number of nitrogens with one attached hydrogen (secondary N) is 1. The topological polar surface area (TPSA) is 64.1 Å². The van der Waals surface area contributed by atoms with Crippen LogP contribution in [0.5, 0.6) is 0 Å². The summed E-state index contributed by atoms with van der Waals surface area (Å²) in [7, 11) is 0. The average Bonchev–Trinajstić information content (AvgIpc) is 3.41. The van der Waals surface area contributed by atoms with Gasteiger partial charge in [0.25, 0.3) is 5.91 Å². The van der Waals surface area contributed by atoms with Crippen LogP contribution in [0.2, 0.25) is 0 Å². The van der Waals surface area contributed by atoms with Crippen molar-refractivity contribution in [1.82, 2.24) is 9.97 Å². The Kier molecular flexibility index (Phi) is 6.75. The van der Waals surface area contributed by atoms with E-state index < -0.39 is 23.5 Å². The molecule has 1 saturated carbocycles. The molecule has 0 spiro atoms. The minimum absolute atomic E-state index is 0.0538. The second kappa shape index (κ2) is 9.97. The maximum absolute atomic E-state index is 14.7. The summed E-state index contributed by atoms with van der Waals surface area (Å²) in [6.45, 7) is 0.672. The highest BCUT2D eigenvalue weighted by Crippen LogP contribution is 2.44. The number of nitrogens with zero attached hydrogens (tertiary/aromatic N) is 2. The number of halogens is 4. The molecule has 1 atom stereocenters. The SMILES string of the molecule is O=C(Nc1c(-c2cc(F)ccc2F)ccnc1C1CCC(F)(F)CC1)c1ccc([C@H]2CCCO2)nc1. The molecule has 5 nitrogen and oxygen atoms in total. The average molecular weight is 500 g/mol. The van der Waals surface area contributed by atoms with E-state index in [-0.39, 0.29) is 60.1 Å². The van der Waals surface area contributed by atoms with Crippen LogP contribution in [0.4, 0.5) is 23.2 Å². The van der Waals surface area contributed by atoms with Crippen molar-refractivity contribution in [1.29, 1.82) is 0 Å². The number of carbonyl (C=O) groups excluding carboxylic acids is 1. The van der Waals surface area contributed by atoms with Crippen molar-refractivity contribution >= 4 is 11.6 Å². The lowest BCUT2D eigenvalue weighted by molar-refractivity contribution is -0.0384. The van der Waals surface area contributed by atoms with E-state index in [9.17, 15) is 22.4 Å². The molecule has 1 amide bonds. The summed E-state index contributed by atoms with van der Waals surface area (Å²) in [6, 6.07) is 7.88. The fourth-order valence-corrected chi connectivity index (χ4v) is 4.89. The number of carbonyl (C=O) groups is 1. The number of pyridine rings is 2. The molecular weight excluding hydrogens is 474 g/mol. The van der Waals surface area contributed by atoms with Crippen LogP contribution in [-0.4, -0.2) is 28.4 Å². The lowest BCUT2D eigenvalue weighted by atomic mass is 9.83. The Hall–Kier alpha value is -3.33. The lowest BCUT2D eigenvalue weighted by Gasteiger charge is -2.29. The van der Waals surface area contributed by atoms with E-state index in [0.717, 1.165) is 36.7 Å². The van der Waals surface area contributed by atoms with Gasteiger partial charge in [0.2, 0.25) is 5.92 Å². The predicted molar refractivity (Wildman–Crippen MR) is 126 cm³/mol. The number of hydrogen-bond donors (Lipinski definition) is 1. The molecule has 1 aliphatic heterocycles. The van der Waals surface area contributed by atoms with Gasteiger partial charge in [0.15, 0.2) is 0 Å². The molecule has 0 unspecified atom stereocenters. The van der Waals surface area contributed by atoms with Gasteiger partial charge >= 0.3 is 0 Å². The van der Waals surface area contributed by atoms with Crippen LogP contribution in [0.15, 0.2) is 48.8 Å². The number of alkyl halides is 2. The van der Waals surface area contributed by atoms with E-state index in [1.54, 1.807) is 12.1 Å². The minimum atomic E-state index is -2.75. The Balaban J connectivity index is 1.50. The van der Waals surface area contributed by atoms with Crippen LogP contribution in [-0.2, 0) is 4.74 Å². The quantitative estimate of drug-likeness (QED) is 0.392. The van der Waals surface area contributed by atoms with Gasteiger partial charge in [0.05, 0.1) is 28.7 Å². The minimum Gasteiger partial charge on any atom is -0.372 e. The molecule has 2 aromatic heterocycles. The fourth-order valence-electron chi connectivity index (χ4n) is 4.89. The standard InChI is InChI=1S/C27H25F4N3O2/c28-18-4-5-21(29)20(14-18)19-9-12-32-24(16-7-10-27(30,31)11-8-16)25(19)34-26(35)17-3-6-22(33-15-17)23-2-1-13-36-23/h3-6,9,12,14-16,23H,1-2,7-8,10-11,13H2,(H,34,35)/t23-/m1/s1.